The lowest BCUT2D eigenvalue weighted by Crippen LogP contribution is -2.50. The van der Waals surface area contributed by atoms with Crippen molar-refractivity contribution in [1.29, 1.82) is 0 Å². The average Bonchev–Trinajstić information content (AvgIpc) is 2.85. The predicted octanol–water partition coefficient (Wildman–Crippen LogP) is 3.72. The SMILES string of the molecule is CCN(Cc1cccs1)C(=O)C1(C(N)=S)CCCCCC1. The second-order valence-corrected chi connectivity index (χ2v) is 7.23. The van der Waals surface area contributed by atoms with Gasteiger partial charge in [0.15, 0.2) is 0 Å². The van der Waals surface area contributed by atoms with E-state index >= 15 is 0 Å². The van der Waals surface area contributed by atoms with E-state index in [1.807, 2.05) is 23.3 Å². The number of thiocarbonyl (C=S) groups is 1. The number of rotatable bonds is 5. The summed E-state index contributed by atoms with van der Waals surface area (Å²) in [5, 5.41) is 2.04. The van der Waals surface area contributed by atoms with Crippen LogP contribution < -0.4 is 5.73 Å². The van der Waals surface area contributed by atoms with Crippen LogP contribution in [0.4, 0.5) is 0 Å². The Morgan fingerprint density at radius 3 is 2.52 bits per heavy atom. The van der Waals surface area contributed by atoms with Gasteiger partial charge < -0.3 is 10.6 Å². The predicted molar refractivity (Wildman–Crippen MR) is 92.3 cm³/mol. The molecule has 116 valence electrons. The fourth-order valence-electron chi connectivity index (χ4n) is 3.12. The van der Waals surface area contributed by atoms with Crippen LogP contribution >= 0.6 is 23.6 Å². The third kappa shape index (κ3) is 3.64. The topological polar surface area (TPSA) is 46.3 Å². The number of amides is 1. The quantitative estimate of drug-likeness (QED) is 0.663. The molecule has 0 atom stereocenters. The van der Waals surface area contributed by atoms with Crippen molar-refractivity contribution in [2.75, 3.05) is 6.54 Å². The smallest absolute Gasteiger partial charge is 0.235 e. The normalized spacial score (nSPS) is 18.0. The molecule has 0 unspecified atom stereocenters. The molecule has 1 aliphatic carbocycles. The molecule has 0 aliphatic heterocycles. The molecule has 5 heteroatoms. The maximum absolute atomic E-state index is 13.1. The lowest BCUT2D eigenvalue weighted by atomic mass is 9.78. The molecule has 1 fully saturated rings. The van der Waals surface area contributed by atoms with E-state index in [1.54, 1.807) is 11.3 Å². The molecule has 3 nitrogen and oxygen atoms in total. The third-order valence-electron chi connectivity index (χ3n) is 4.43. The molecular formula is C16H24N2OS2. The van der Waals surface area contributed by atoms with Crippen LogP contribution in [-0.4, -0.2) is 22.3 Å². The number of hydrogen-bond acceptors (Lipinski definition) is 3. The molecule has 21 heavy (non-hydrogen) atoms. The van der Waals surface area contributed by atoms with E-state index in [0.29, 0.717) is 18.1 Å². The summed E-state index contributed by atoms with van der Waals surface area (Å²) in [5.41, 5.74) is 5.41. The molecule has 0 aromatic carbocycles. The van der Waals surface area contributed by atoms with E-state index in [9.17, 15) is 4.79 Å². The molecule has 0 radical (unpaired) electrons. The lowest BCUT2D eigenvalue weighted by Gasteiger charge is -2.35. The van der Waals surface area contributed by atoms with Crippen LogP contribution in [0.1, 0.15) is 50.3 Å². The van der Waals surface area contributed by atoms with Gasteiger partial charge in [0.05, 0.1) is 16.9 Å². The monoisotopic (exact) mass is 324 g/mol. The Labute approximate surface area is 136 Å². The van der Waals surface area contributed by atoms with Crippen molar-refractivity contribution < 1.29 is 4.79 Å². The first-order valence-electron chi connectivity index (χ1n) is 7.72. The van der Waals surface area contributed by atoms with Crippen LogP contribution in [0.25, 0.3) is 0 Å². The minimum absolute atomic E-state index is 0.132. The summed E-state index contributed by atoms with van der Waals surface area (Å²) in [6.45, 7) is 3.38. The number of carbonyl (C=O) groups excluding carboxylic acids is 1. The Morgan fingerprint density at radius 1 is 1.38 bits per heavy atom. The maximum atomic E-state index is 13.1. The van der Waals surface area contributed by atoms with Crippen LogP contribution in [0.5, 0.6) is 0 Å². The summed E-state index contributed by atoms with van der Waals surface area (Å²) in [7, 11) is 0. The Balaban J connectivity index is 2.21. The Hall–Kier alpha value is -0.940. The zero-order valence-electron chi connectivity index (χ0n) is 12.6. The van der Waals surface area contributed by atoms with E-state index in [-0.39, 0.29) is 5.91 Å². The number of thiophene rings is 1. The number of hydrogen-bond donors (Lipinski definition) is 1. The van der Waals surface area contributed by atoms with Crippen LogP contribution in [0.2, 0.25) is 0 Å². The highest BCUT2D eigenvalue weighted by molar-refractivity contribution is 7.80. The first kappa shape index (κ1) is 16.4. The minimum Gasteiger partial charge on any atom is -0.392 e. The van der Waals surface area contributed by atoms with Gasteiger partial charge in [0, 0.05) is 11.4 Å². The molecule has 2 rings (SSSR count). The second kappa shape index (κ2) is 7.36. The zero-order valence-corrected chi connectivity index (χ0v) is 14.3. The van der Waals surface area contributed by atoms with Crippen LogP contribution in [-0.2, 0) is 11.3 Å². The van der Waals surface area contributed by atoms with Gasteiger partial charge in [-0.15, -0.1) is 11.3 Å². The van der Waals surface area contributed by atoms with Crippen molar-refractivity contribution in [2.45, 2.75) is 52.0 Å². The van der Waals surface area contributed by atoms with Crippen LogP contribution in [0, 0.1) is 5.41 Å². The number of carbonyl (C=O) groups is 1. The van der Waals surface area contributed by atoms with Gasteiger partial charge in [-0.2, -0.15) is 0 Å². The highest BCUT2D eigenvalue weighted by Gasteiger charge is 2.43. The van der Waals surface area contributed by atoms with Crippen molar-refractivity contribution in [3.63, 3.8) is 0 Å². The fraction of sp³-hybridized carbons (Fsp3) is 0.625. The summed E-state index contributed by atoms with van der Waals surface area (Å²) < 4.78 is 0. The van der Waals surface area contributed by atoms with Crippen molar-refractivity contribution in [3.8, 4) is 0 Å². The molecule has 1 heterocycles. The van der Waals surface area contributed by atoms with Crippen molar-refractivity contribution >= 4 is 34.5 Å². The molecule has 1 aromatic rings. The van der Waals surface area contributed by atoms with Gasteiger partial charge in [0.2, 0.25) is 5.91 Å². The van der Waals surface area contributed by atoms with Gasteiger partial charge in [0.25, 0.3) is 0 Å². The molecule has 1 amide bonds. The molecule has 0 bridgehead atoms. The summed E-state index contributed by atoms with van der Waals surface area (Å²) in [6.07, 6.45) is 6.05. The van der Waals surface area contributed by atoms with Crippen LogP contribution in [0.15, 0.2) is 17.5 Å². The molecule has 1 saturated carbocycles. The minimum atomic E-state index is -0.612. The van der Waals surface area contributed by atoms with Gasteiger partial charge in [-0.25, -0.2) is 0 Å². The summed E-state index contributed by atoms with van der Waals surface area (Å²) in [4.78, 5) is 16.6. The largest absolute Gasteiger partial charge is 0.392 e. The molecule has 1 aromatic heterocycles. The van der Waals surface area contributed by atoms with Gasteiger partial charge >= 0.3 is 0 Å². The number of nitrogens with two attached hydrogens (primary N) is 1. The van der Waals surface area contributed by atoms with Crippen LogP contribution in [0.3, 0.4) is 0 Å². The van der Waals surface area contributed by atoms with Gasteiger partial charge in [-0.05, 0) is 31.2 Å². The zero-order chi connectivity index (χ0) is 15.3. The van der Waals surface area contributed by atoms with Crippen molar-refractivity contribution in [3.05, 3.63) is 22.4 Å². The van der Waals surface area contributed by atoms with E-state index < -0.39 is 5.41 Å². The standard InChI is InChI=1S/C16H24N2OS2/c1-2-18(12-13-8-7-11-21-13)15(19)16(14(17)20)9-5-3-4-6-10-16/h7-8,11H,2-6,9-10,12H2,1H3,(H2,17,20). The third-order valence-corrected chi connectivity index (χ3v) is 5.69. The Morgan fingerprint density at radius 2 is 2.05 bits per heavy atom. The van der Waals surface area contributed by atoms with E-state index in [4.69, 9.17) is 18.0 Å². The lowest BCUT2D eigenvalue weighted by molar-refractivity contribution is -0.139. The molecule has 0 spiro atoms. The maximum Gasteiger partial charge on any atom is 0.235 e. The summed E-state index contributed by atoms with van der Waals surface area (Å²) in [6, 6.07) is 4.09. The van der Waals surface area contributed by atoms with Crippen molar-refractivity contribution in [2.24, 2.45) is 11.1 Å². The average molecular weight is 325 g/mol. The summed E-state index contributed by atoms with van der Waals surface area (Å²) in [5.74, 6) is 0.132. The molecular weight excluding hydrogens is 300 g/mol. The van der Waals surface area contributed by atoms with Gasteiger partial charge in [-0.3, -0.25) is 4.79 Å². The van der Waals surface area contributed by atoms with E-state index in [2.05, 4.69) is 6.07 Å². The van der Waals surface area contributed by atoms with Gasteiger partial charge in [0.1, 0.15) is 0 Å². The van der Waals surface area contributed by atoms with Gasteiger partial charge in [-0.1, -0.05) is 44.0 Å². The Kier molecular flexibility index (Phi) is 5.76. The van der Waals surface area contributed by atoms with E-state index in [0.717, 1.165) is 25.7 Å². The number of nitrogens with zero attached hydrogens (tertiary/aromatic N) is 1. The highest BCUT2D eigenvalue weighted by atomic mass is 32.1. The Bertz CT molecular complexity index is 476. The second-order valence-electron chi connectivity index (χ2n) is 5.76. The highest BCUT2D eigenvalue weighted by Crippen LogP contribution is 2.37. The molecule has 1 aliphatic rings. The first-order chi connectivity index (χ1) is 10.1. The molecule has 0 saturated heterocycles. The summed E-state index contributed by atoms with van der Waals surface area (Å²) >= 11 is 7.00. The first-order valence-corrected chi connectivity index (χ1v) is 9.00. The van der Waals surface area contributed by atoms with E-state index in [1.165, 1.54) is 17.7 Å². The van der Waals surface area contributed by atoms with Crippen molar-refractivity contribution in [1.82, 2.24) is 4.90 Å². The molecule has 2 N–H and O–H groups in total. The fourth-order valence-corrected chi connectivity index (χ4v) is 4.13.